The van der Waals surface area contributed by atoms with E-state index < -0.39 is 0 Å². The minimum absolute atomic E-state index is 0.0450. The maximum atomic E-state index is 12.5. The summed E-state index contributed by atoms with van der Waals surface area (Å²) in [6.45, 7) is 6.03. The SMILES string of the molecule is C[C@@H]1Cc2cc(C(=O)NC3CCOCC3)ccc2N(C)[C@H]1C. The molecule has 1 saturated heterocycles. The first-order valence-corrected chi connectivity index (χ1v) is 8.30. The lowest BCUT2D eigenvalue weighted by molar-refractivity contribution is 0.0696. The molecule has 0 aliphatic carbocycles. The highest BCUT2D eigenvalue weighted by atomic mass is 16.5. The third-order valence-corrected chi connectivity index (χ3v) is 5.25. The molecule has 0 radical (unpaired) electrons. The van der Waals surface area contributed by atoms with Gasteiger partial charge >= 0.3 is 0 Å². The molecular formula is C18H26N2O2. The van der Waals surface area contributed by atoms with E-state index in [1.807, 2.05) is 6.07 Å². The Morgan fingerprint density at radius 2 is 2.00 bits per heavy atom. The molecule has 1 fully saturated rings. The summed E-state index contributed by atoms with van der Waals surface area (Å²) in [6.07, 6.45) is 2.86. The van der Waals surface area contributed by atoms with Gasteiger partial charge in [-0.25, -0.2) is 0 Å². The molecule has 2 heterocycles. The van der Waals surface area contributed by atoms with Crippen molar-refractivity contribution in [3.63, 3.8) is 0 Å². The van der Waals surface area contributed by atoms with Gasteiger partial charge in [0.25, 0.3) is 5.91 Å². The van der Waals surface area contributed by atoms with Gasteiger partial charge in [-0.2, -0.15) is 0 Å². The molecule has 1 aromatic carbocycles. The number of hydrogen-bond acceptors (Lipinski definition) is 3. The van der Waals surface area contributed by atoms with Crippen LogP contribution in [0.3, 0.4) is 0 Å². The number of rotatable bonds is 2. The summed E-state index contributed by atoms with van der Waals surface area (Å²) in [5.41, 5.74) is 3.32. The molecule has 2 aliphatic rings. The lowest BCUT2D eigenvalue weighted by atomic mass is 9.87. The molecule has 0 aromatic heterocycles. The predicted octanol–water partition coefficient (Wildman–Crippen LogP) is 2.61. The summed E-state index contributed by atoms with van der Waals surface area (Å²) < 4.78 is 5.34. The standard InChI is InChI=1S/C18H26N2O2/c1-12-10-15-11-14(4-5-17(15)20(3)13(12)2)18(21)19-16-6-8-22-9-7-16/h4-5,11-13,16H,6-10H2,1-3H3,(H,19,21)/t12-,13+/m1/s1. The van der Waals surface area contributed by atoms with Gasteiger partial charge in [-0.3, -0.25) is 4.79 Å². The lowest BCUT2D eigenvalue weighted by Crippen LogP contribution is -2.40. The normalized spacial score (nSPS) is 25.7. The van der Waals surface area contributed by atoms with Gasteiger partial charge in [0.15, 0.2) is 0 Å². The van der Waals surface area contributed by atoms with Crippen LogP contribution in [0.4, 0.5) is 5.69 Å². The van der Waals surface area contributed by atoms with E-state index in [0.717, 1.165) is 38.0 Å². The number of nitrogens with one attached hydrogen (secondary N) is 1. The van der Waals surface area contributed by atoms with Crippen LogP contribution in [0.2, 0.25) is 0 Å². The molecule has 2 aliphatic heterocycles. The van der Waals surface area contributed by atoms with Gasteiger partial charge in [0, 0.05) is 43.6 Å². The maximum absolute atomic E-state index is 12.5. The van der Waals surface area contributed by atoms with Crippen LogP contribution in [0.25, 0.3) is 0 Å². The molecule has 0 spiro atoms. The van der Waals surface area contributed by atoms with Crippen LogP contribution in [0.5, 0.6) is 0 Å². The smallest absolute Gasteiger partial charge is 0.251 e. The Morgan fingerprint density at radius 1 is 1.27 bits per heavy atom. The molecule has 0 unspecified atom stereocenters. The Morgan fingerprint density at radius 3 is 2.73 bits per heavy atom. The van der Waals surface area contributed by atoms with E-state index in [1.54, 1.807) is 0 Å². The lowest BCUT2D eigenvalue weighted by Gasteiger charge is -2.38. The molecule has 1 aromatic rings. The molecule has 1 amide bonds. The van der Waals surface area contributed by atoms with Crippen molar-refractivity contribution >= 4 is 11.6 Å². The molecule has 1 N–H and O–H groups in total. The Labute approximate surface area is 132 Å². The molecule has 4 heteroatoms. The molecule has 2 atom stereocenters. The minimum Gasteiger partial charge on any atom is -0.381 e. The topological polar surface area (TPSA) is 41.6 Å². The molecule has 0 bridgehead atoms. The second-order valence-corrected chi connectivity index (χ2v) is 6.74. The van der Waals surface area contributed by atoms with Crippen LogP contribution < -0.4 is 10.2 Å². The van der Waals surface area contributed by atoms with Crippen LogP contribution >= 0.6 is 0 Å². The fourth-order valence-corrected chi connectivity index (χ4v) is 3.46. The first-order valence-electron chi connectivity index (χ1n) is 8.30. The predicted molar refractivity (Wildman–Crippen MR) is 88.5 cm³/mol. The van der Waals surface area contributed by atoms with Crippen molar-refractivity contribution in [3.8, 4) is 0 Å². The molecular weight excluding hydrogens is 276 g/mol. The van der Waals surface area contributed by atoms with Crippen LogP contribution in [0, 0.1) is 5.92 Å². The average molecular weight is 302 g/mol. The molecule has 22 heavy (non-hydrogen) atoms. The number of ether oxygens (including phenoxy) is 1. The second kappa shape index (κ2) is 6.29. The van der Waals surface area contributed by atoms with Gasteiger partial charge < -0.3 is 15.0 Å². The van der Waals surface area contributed by atoms with Crippen LogP contribution in [-0.4, -0.2) is 38.3 Å². The highest BCUT2D eigenvalue weighted by Gasteiger charge is 2.27. The summed E-state index contributed by atoms with van der Waals surface area (Å²) in [7, 11) is 2.14. The number of anilines is 1. The van der Waals surface area contributed by atoms with Crippen molar-refractivity contribution in [3.05, 3.63) is 29.3 Å². The van der Waals surface area contributed by atoms with Crippen molar-refractivity contribution in [1.29, 1.82) is 0 Å². The quantitative estimate of drug-likeness (QED) is 0.913. The molecule has 4 nitrogen and oxygen atoms in total. The van der Waals surface area contributed by atoms with E-state index in [9.17, 15) is 4.79 Å². The second-order valence-electron chi connectivity index (χ2n) is 6.74. The highest BCUT2D eigenvalue weighted by Crippen LogP contribution is 2.33. The van der Waals surface area contributed by atoms with Gasteiger partial charge in [-0.1, -0.05) is 6.92 Å². The summed E-state index contributed by atoms with van der Waals surface area (Å²) >= 11 is 0. The number of carbonyl (C=O) groups is 1. The van der Waals surface area contributed by atoms with Gasteiger partial charge in [0.2, 0.25) is 0 Å². The Bertz CT molecular complexity index is 552. The van der Waals surface area contributed by atoms with Gasteiger partial charge in [0.05, 0.1) is 0 Å². The van der Waals surface area contributed by atoms with Gasteiger partial charge in [-0.05, 0) is 55.9 Å². The number of fused-ring (bicyclic) bond motifs is 1. The Kier molecular flexibility index (Phi) is 4.39. The van der Waals surface area contributed by atoms with E-state index in [2.05, 4.69) is 43.2 Å². The van der Waals surface area contributed by atoms with Gasteiger partial charge in [0.1, 0.15) is 0 Å². The minimum atomic E-state index is 0.0450. The number of hydrogen-bond donors (Lipinski definition) is 1. The number of amides is 1. The van der Waals surface area contributed by atoms with E-state index >= 15 is 0 Å². The highest BCUT2D eigenvalue weighted by molar-refractivity contribution is 5.95. The zero-order valence-corrected chi connectivity index (χ0v) is 13.8. The first-order chi connectivity index (χ1) is 10.6. The van der Waals surface area contributed by atoms with Gasteiger partial charge in [-0.15, -0.1) is 0 Å². The molecule has 120 valence electrons. The summed E-state index contributed by atoms with van der Waals surface area (Å²) in [5, 5.41) is 3.14. The van der Waals surface area contributed by atoms with Crippen LogP contribution in [0.1, 0.15) is 42.6 Å². The van der Waals surface area contributed by atoms with E-state index in [-0.39, 0.29) is 11.9 Å². The van der Waals surface area contributed by atoms with E-state index in [4.69, 9.17) is 4.74 Å². The number of carbonyl (C=O) groups excluding carboxylic acids is 1. The maximum Gasteiger partial charge on any atom is 0.251 e. The van der Waals surface area contributed by atoms with Crippen molar-refractivity contribution in [1.82, 2.24) is 5.32 Å². The monoisotopic (exact) mass is 302 g/mol. The van der Waals surface area contributed by atoms with Crippen molar-refractivity contribution in [2.75, 3.05) is 25.2 Å². The largest absolute Gasteiger partial charge is 0.381 e. The Hall–Kier alpha value is -1.55. The summed E-state index contributed by atoms with van der Waals surface area (Å²) in [5.74, 6) is 0.648. The van der Waals surface area contributed by atoms with Crippen LogP contribution in [-0.2, 0) is 11.2 Å². The van der Waals surface area contributed by atoms with Crippen molar-refractivity contribution in [2.24, 2.45) is 5.92 Å². The third kappa shape index (κ3) is 2.98. The zero-order chi connectivity index (χ0) is 15.7. The average Bonchev–Trinajstić information content (AvgIpc) is 2.53. The number of nitrogens with zero attached hydrogens (tertiary/aromatic N) is 1. The summed E-state index contributed by atoms with van der Waals surface area (Å²) in [4.78, 5) is 14.8. The van der Waals surface area contributed by atoms with E-state index in [1.165, 1.54) is 11.3 Å². The number of benzene rings is 1. The van der Waals surface area contributed by atoms with Crippen molar-refractivity contribution in [2.45, 2.75) is 45.2 Å². The first kappa shape index (κ1) is 15.3. The summed E-state index contributed by atoms with van der Waals surface area (Å²) in [6, 6.07) is 6.90. The fourth-order valence-electron chi connectivity index (χ4n) is 3.46. The van der Waals surface area contributed by atoms with E-state index in [0.29, 0.717) is 12.0 Å². The third-order valence-electron chi connectivity index (χ3n) is 5.25. The van der Waals surface area contributed by atoms with Crippen LogP contribution in [0.15, 0.2) is 18.2 Å². The van der Waals surface area contributed by atoms with Crippen molar-refractivity contribution < 1.29 is 9.53 Å². The molecule has 0 saturated carbocycles. The Balaban J connectivity index is 1.75. The zero-order valence-electron chi connectivity index (χ0n) is 13.8. The molecule has 3 rings (SSSR count). The fraction of sp³-hybridized carbons (Fsp3) is 0.611.